The molecule has 0 aromatic heterocycles. The molecule has 59 heavy (non-hydrogen) atoms. The summed E-state index contributed by atoms with van der Waals surface area (Å²) in [6.45, 7) is 11.4. The number of fused-ring (bicyclic) bond motifs is 3. The summed E-state index contributed by atoms with van der Waals surface area (Å²) in [7, 11) is 0. The Morgan fingerprint density at radius 1 is 0.593 bits per heavy atom. The smallest absolute Gasteiger partial charge is 0.190 e. The fourth-order valence-corrected chi connectivity index (χ4v) is 15.5. The minimum absolute atomic E-state index is 0.0333. The summed E-state index contributed by atoms with van der Waals surface area (Å²) in [6.07, 6.45) is 50.6. The molecule has 1 aromatic rings. The van der Waals surface area contributed by atoms with Crippen molar-refractivity contribution in [2.75, 3.05) is 4.90 Å². The Hall–Kier alpha value is -4.89. The fraction of sp³-hybridized carbons (Fsp3) is 0.370. The van der Waals surface area contributed by atoms with Gasteiger partial charge in [-0.3, -0.25) is 0 Å². The summed E-state index contributed by atoms with van der Waals surface area (Å²) in [5, 5.41) is 0. The maximum atomic E-state index is 3.06. The van der Waals surface area contributed by atoms with Crippen LogP contribution in [-0.4, -0.2) is 41.4 Å². The van der Waals surface area contributed by atoms with E-state index in [-0.39, 0.29) is 10.8 Å². The summed E-state index contributed by atoms with van der Waals surface area (Å²) < 4.78 is 0. The number of hydrogen-bond donors (Lipinski definition) is 0. The number of piperidine rings is 2. The number of anilines is 1. The van der Waals surface area contributed by atoms with E-state index in [1.54, 1.807) is 44.9 Å². The molecule has 9 atom stereocenters. The molecule has 6 aliphatic heterocycles. The maximum absolute atomic E-state index is 3.06. The van der Waals surface area contributed by atoms with Crippen molar-refractivity contribution < 1.29 is 0 Å². The van der Waals surface area contributed by atoms with Crippen molar-refractivity contribution in [3.8, 4) is 0 Å². The van der Waals surface area contributed by atoms with E-state index < -0.39 is 0 Å². The second kappa shape index (κ2) is 11.5. The second-order valence-electron chi connectivity index (χ2n) is 21.0. The molecule has 0 radical (unpaired) electrons. The van der Waals surface area contributed by atoms with Gasteiger partial charge in [0.2, 0.25) is 0 Å². The first-order chi connectivity index (χ1) is 28.8. The lowest BCUT2D eigenvalue weighted by molar-refractivity contribution is 0.0888. The zero-order valence-electron chi connectivity index (χ0n) is 34.9. The Morgan fingerprint density at radius 2 is 1.22 bits per heavy atom. The van der Waals surface area contributed by atoms with Crippen LogP contribution < -0.4 is 4.90 Å². The zero-order valence-corrected chi connectivity index (χ0v) is 34.9. The van der Waals surface area contributed by atoms with Crippen LogP contribution in [0, 0.1) is 22.7 Å². The normalized spacial score (nSPS) is 37.2. The van der Waals surface area contributed by atoms with Crippen LogP contribution in [0.3, 0.4) is 0 Å². The van der Waals surface area contributed by atoms with Gasteiger partial charge in [0.25, 0.3) is 0 Å². The highest BCUT2D eigenvalue weighted by atomic mass is 15.3. The highest BCUT2D eigenvalue weighted by Gasteiger charge is 2.67. The zero-order chi connectivity index (χ0) is 39.1. The molecule has 0 N–H and O–H groups in total. The van der Waals surface area contributed by atoms with Gasteiger partial charge in [-0.2, -0.15) is 0 Å². The number of nitrogens with zero attached hydrogens (tertiary/aromatic N) is 3. The molecule has 5 heteroatoms. The number of allylic oxidation sites excluding steroid dienone is 19. The molecule has 14 rings (SSSR count). The van der Waals surface area contributed by atoms with Crippen molar-refractivity contribution in [3.63, 3.8) is 0 Å². The number of rotatable bonds is 3. The molecule has 0 saturated carbocycles. The topological polar surface area (TPSA) is 9.72 Å². The molecule has 4 fully saturated rings. The van der Waals surface area contributed by atoms with Crippen LogP contribution in [0.25, 0.3) is 5.57 Å². The van der Waals surface area contributed by atoms with Gasteiger partial charge >= 0.3 is 0 Å². The number of hydrogen-bond acceptors (Lipinski definition) is 3. The Bertz CT molecular complexity index is 2640. The van der Waals surface area contributed by atoms with Crippen molar-refractivity contribution in [3.05, 3.63) is 190 Å². The van der Waals surface area contributed by atoms with Crippen LogP contribution in [-0.2, 0) is 0 Å². The molecule has 1 aromatic carbocycles. The average Bonchev–Trinajstić information content (AvgIpc) is 3.60. The predicted octanol–water partition coefficient (Wildman–Crippen LogP) is 11.9. The third kappa shape index (κ3) is 4.05. The molecule has 290 valence electrons. The average molecular weight is 766 g/mol. The van der Waals surface area contributed by atoms with Crippen LogP contribution in [0.5, 0.6) is 0 Å². The molecular weight excluding hydrogens is 712 g/mol. The molecule has 13 aliphatic rings. The SMILES string of the molecule is CC1(C)C2=CCC3B(C4C=CC=CC4)C4=CC(N5c6ccccc6C6=CC=CCC65)=CC5C4N4C6=C7C(CC=C6C5(C)C)B(C5C=CC=CC5)C5=CC=CC1C5N7C2=C34. The standard InChI is InChI=1S/C54H53B2N3/c1-53(2)37-22-15-23-41-47(37)58-49-38(53)26-29-43-52(49)59-48-40(54(3,4)39-27-28-42(51(58)50(39)59)55(41)32-16-7-5-8-17-32)30-34(31-44(48)56(43)33-18-9-6-10-19-33)57-45-24-13-11-20-35(45)36-21-12-14-25-46(36)57/h5-16,18,20-24,26-27,30-33,37,40,42-43,46-48H,17,19,25,28-29H2,1-4H3. The molecule has 0 spiro atoms. The van der Waals surface area contributed by atoms with Gasteiger partial charge in [0.1, 0.15) is 0 Å². The Labute approximate surface area is 351 Å². The van der Waals surface area contributed by atoms with Gasteiger partial charge < -0.3 is 14.7 Å². The van der Waals surface area contributed by atoms with E-state index in [0.717, 1.165) is 32.1 Å². The molecule has 7 aliphatic carbocycles. The summed E-state index contributed by atoms with van der Waals surface area (Å²) in [4.78, 5) is 8.86. The van der Waals surface area contributed by atoms with Crippen molar-refractivity contribution in [2.24, 2.45) is 22.7 Å². The van der Waals surface area contributed by atoms with Crippen LogP contribution in [0.2, 0.25) is 23.3 Å². The number of benzene rings is 1. The largest absolute Gasteiger partial charge is 0.335 e. The monoisotopic (exact) mass is 765 g/mol. The Kier molecular flexibility index (Phi) is 6.59. The molecule has 9 unspecified atom stereocenters. The van der Waals surface area contributed by atoms with Gasteiger partial charge in [-0.15, -0.1) is 0 Å². The maximum Gasteiger partial charge on any atom is 0.190 e. The van der Waals surface area contributed by atoms with Crippen molar-refractivity contribution >= 4 is 24.7 Å². The van der Waals surface area contributed by atoms with Crippen LogP contribution >= 0.6 is 0 Å². The van der Waals surface area contributed by atoms with Crippen molar-refractivity contribution in [1.82, 2.24) is 9.80 Å². The van der Waals surface area contributed by atoms with Gasteiger partial charge in [-0.05, 0) is 84.2 Å². The quantitative estimate of drug-likeness (QED) is 0.284. The summed E-state index contributed by atoms with van der Waals surface area (Å²) >= 11 is 0. The summed E-state index contributed by atoms with van der Waals surface area (Å²) in [6, 6.07) is 10.2. The van der Waals surface area contributed by atoms with E-state index in [9.17, 15) is 0 Å². The number of para-hydroxylation sites is 1. The van der Waals surface area contributed by atoms with Gasteiger partial charge in [-0.25, -0.2) is 0 Å². The lowest BCUT2D eigenvalue weighted by atomic mass is 9.22. The minimum Gasteiger partial charge on any atom is -0.335 e. The predicted molar refractivity (Wildman–Crippen MR) is 245 cm³/mol. The first kappa shape index (κ1) is 33.9. The van der Waals surface area contributed by atoms with Crippen molar-refractivity contribution in [2.45, 2.75) is 101 Å². The van der Waals surface area contributed by atoms with Crippen LogP contribution in [0.1, 0.15) is 65.4 Å². The van der Waals surface area contributed by atoms with E-state index in [1.165, 1.54) is 22.5 Å². The fourth-order valence-electron chi connectivity index (χ4n) is 15.5. The van der Waals surface area contributed by atoms with Crippen molar-refractivity contribution in [1.29, 1.82) is 0 Å². The first-order valence-corrected chi connectivity index (χ1v) is 23.1. The van der Waals surface area contributed by atoms with E-state index in [0.29, 0.717) is 66.7 Å². The molecular formula is C54H53B2N3. The summed E-state index contributed by atoms with van der Waals surface area (Å²) in [5.74, 6) is 2.67. The van der Waals surface area contributed by atoms with Gasteiger partial charge in [-0.1, -0.05) is 160 Å². The highest BCUT2D eigenvalue weighted by Crippen LogP contribution is 2.71. The molecule has 4 saturated heterocycles. The second-order valence-corrected chi connectivity index (χ2v) is 21.0. The van der Waals surface area contributed by atoms with Crippen LogP contribution in [0.15, 0.2) is 184 Å². The Balaban J connectivity index is 1.04. The molecule has 0 bridgehead atoms. The third-order valence-corrected chi connectivity index (χ3v) is 17.9. The van der Waals surface area contributed by atoms with E-state index in [1.807, 2.05) is 0 Å². The van der Waals surface area contributed by atoms with Gasteiger partial charge in [0, 0.05) is 51.0 Å². The Morgan fingerprint density at radius 3 is 1.90 bits per heavy atom. The van der Waals surface area contributed by atoms with E-state index in [4.69, 9.17) is 0 Å². The molecule has 3 nitrogen and oxygen atoms in total. The van der Waals surface area contributed by atoms with Crippen LogP contribution in [0.4, 0.5) is 5.69 Å². The van der Waals surface area contributed by atoms with E-state index in [2.05, 4.69) is 176 Å². The lowest BCUT2D eigenvalue weighted by Gasteiger charge is -2.70. The molecule has 6 heterocycles. The molecule has 0 amide bonds. The first-order valence-electron chi connectivity index (χ1n) is 23.1. The summed E-state index contributed by atoms with van der Waals surface area (Å²) in [5.41, 5.74) is 18.9. The lowest BCUT2D eigenvalue weighted by Crippen LogP contribution is -2.68. The minimum atomic E-state index is -0.0469. The van der Waals surface area contributed by atoms with Gasteiger partial charge in [0.15, 0.2) is 13.4 Å². The van der Waals surface area contributed by atoms with E-state index >= 15 is 0 Å². The van der Waals surface area contributed by atoms with Gasteiger partial charge in [0.05, 0.1) is 29.5 Å². The third-order valence-electron chi connectivity index (χ3n) is 17.9. The highest BCUT2D eigenvalue weighted by molar-refractivity contribution is 6.72.